The Hall–Kier alpha value is -2.83. The van der Waals surface area contributed by atoms with Crippen LogP contribution >= 0.6 is 0 Å². The van der Waals surface area contributed by atoms with Crippen LogP contribution in [0.15, 0.2) is 24.3 Å². The number of anilines is 2. The molecule has 1 N–H and O–H groups in total. The summed E-state index contributed by atoms with van der Waals surface area (Å²) in [5, 5.41) is 2.89. The van der Waals surface area contributed by atoms with E-state index in [2.05, 4.69) is 27.1 Å². The molecular formula is C20H24N4O3. The summed E-state index contributed by atoms with van der Waals surface area (Å²) < 4.78 is 11.1. The van der Waals surface area contributed by atoms with Crippen molar-refractivity contribution in [3.05, 3.63) is 35.7 Å². The lowest BCUT2D eigenvalue weighted by Crippen LogP contribution is -2.36. The van der Waals surface area contributed by atoms with Crippen LogP contribution in [0, 0.1) is 12.8 Å². The minimum Gasteiger partial charge on any atom is -0.486 e. The van der Waals surface area contributed by atoms with E-state index in [1.54, 1.807) is 24.3 Å². The number of fused-ring (bicyclic) bond motifs is 1. The van der Waals surface area contributed by atoms with E-state index in [4.69, 9.17) is 9.47 Å². The van der Waals surface area contributed by atoms with Gasteiger partial charge in [-0.25, -0.2) is 9.97 Å². The zero-order valence-corrected chi connectivity index (χ0v) is 15.7. The smallest absolute Gasteiger partial charge is 0.274 e. The van der Waals surface area contributed by atoms with Gasteiger partial charge in [-0.1, -0.05) is 6.92 Å². The van der Waals surface area contributed by atoms with Crippen LogP contribution in [-0.2, 0) is 0 Å². The van der Waals surface area contributed by atoms with Gasteiger partial charge in [0.05, 0.1) is 0 Å². The molecule has 2 aliphatic rings. The fourth-order valence-electron chi connectivity index (χ4n) is 3.50. The van der Waals surface area contributed by atoms with Gasteiger partial charge in [0, 0.05) is 30.5 Å². The number of carbonyl (C=O) groups is 1. The van der Waals surface area contributed by atoms with Crippen molar-refractivity contribution in [1.29, 1.82) is 0 Å². The first-order valence-electron chi connectivity index (χ1n) is 9.40. The number of aromatic nitrogens is 2. The molecule has 0 bridgehead atoms. The molecular weight excluding hydrogens is 344 g/mol. The van der Waals surface area contributed by atoms with Crippen LogP contribution in [0.5, 0.6) is 11.5 Å². The number of hydrogen-bond acceptors (Lipinski definition) is 6. The Morgan fingerprint density at radius 3 is 2.81 bits per heavy atom. The standard InChI is InChI=1S/C20H24N4O3/c1-13-4-3-7-24(12-13)20-21-14(2)10-16(23-20)19(25)22-15-5-6-17-18(11-15)27-9-8-26-17/h5-6,10-11,13H,3-4,7-9,12H2,1-2H3,(H,22,25). The number of benzene rings is 1. The topological polar surface area (TPSA) is 76.6 Å². The molecule has 1 aromatic carbocycles. The quantitative estimate of drug-likeness (QED) is 0.897. The van der Waals surface area contributed by atoms with Crippen molar-refractivity contribution in [2.45, 2.75) is 26.7 Å². The number of nitrogens with one attached hydrogen (secondary N) is 1. The summed E-state index contributed by atoms with van der Waals surface area (Å²) in [5.74, 6) is 2.31. The minimum absolute atomic E-state index is 0.261. The number of hydrogen-bond donors (Lipinski definition) is 1. The summed E-state index contributed by atoms with van der Waals surface area (Å²) >= 11 is 0. The molecule has 1 saturated heterocycles. The lowest BCUT2D eigenvalue weighted by Gasteiger charge is -2.31. The van der Waals surface area contributed by atoms with Crippen molar-refractivity contribution in [2.24, 2.45) is 5.92 Å². The summed E-state index contributed by atoms with van der Waals surface area (Å²) in [6, 6.07) is 7.08. The lowest BCUT2D eigenvalue weighted by atomic mass is 10.0. The summed E-state index contributed by atoms with van der Waals surface area (Å²) in [6.45, 7) is 7.02. The van der Waals surface area contributed by atoms with E-state index in [-0.39, 0.29) is 5.91 Å². The van der Waals surface area contributed by atoms with E-state index in [9.17, 15) is 4.79 Å². The van der Waals surface area contributed by atoms with Gasteiger partial charge in [0.1, 0.15) is 18.9 Å². The number of ether oxygens (including phenoxy) is 2. The van der Waals surface area contributed by atoms with Gasteiger partial charge in [0.2, 0.25) is 5.95 Å². The second-order valence-corrected chi connectivity index (χ2v) is 7.20. The van der Waals surface area contributed by atoms with Crippen molar-refractivity contribution >= 4 is 17.5 Å². The first-order chi connectivity index (χ1) is 13.1. The molecule has 1 unspecified atom stereocenters. The Morgan fingerprint density at radius 2 is 2.00 bits per heavy atom. The highest BCUT2D eigenvalue weighted by atomic mass is 16.6. The molecule has 7 nitrogen and oxygen atoms in total. The molecule has 142 valence electrons. The molecule has 2 aromatic rings. The predicted molar refractivity (Wildman–Crippen MR) is 103 cm³/mol. The van der Waals surface area contributed by atoms with Gasteiger partial charge in [-0.3, -0.25) is 4.79 Å². The highest BCUT2D eigenvalue weighted by Gasteiger charge is 2.21. The van der Waals surface area contributed by atoms with Crippen LogP contribution in [-0.4, -0.2) is 42.2 Å². The summed E-state index contributed by atoms with van der Waals surface area (Å²) in [7, 11) is 0. The van der Waals surface area contributed by atoms with Crippen LogP contribution in [0.3, 0.4) is 0 Å². The van der Waals surface area contributed by atoms with E-state index in [1.165, 1.54) is 6.42 Å². The lowest BCUT2D eigenvalue weighted by molar-refractivity contribution is 0.102. The van der Waals surface area contributed by atoms with E-state index in [1.807, 2.05) is 6.92 Å². The molecule has 4 rings (SSSR count). The molecule has 1 atom stereocenters. The number of amides is 1. The van der Waals surface area contributed by atoms with Crippen molar-refractivity contribution in [3.8, 4) is 11.5 Å². The van der Waals surface area contributed by atoms with Gasteiger partial charge < -0.3 is 19.7 Å². The average molecular weight is 368 g/mol. The van der Waals surface area contributed by atoms with E-state index >= 15 is 0 Å². The van der Waals surface area contributed by atoms with Gasteiger partial charge in [-0.2, -0.15) is 0 Å². The Kier molecular flexibility index (Phi) is 4.83. The summed E-state index contributed by atoms with van der Waals surface area (Å²) in [4.78, 5) is 24.0. The second kappa shape index (κ2) is 7.42. The van der Waals surface area contributed by atoms with Gasteiger partial charge in [-0.05, 0) is 43.9 Å². The van der Waals surface area contributed by atoms with Gasteiger partial charge >= 0.3 is 0 Å². The Balaban J connectivity index is 1.53. The molecule has 1 amide bonds. The molecule has 0 radical (unpaired) electrons. The molecule has 1 fully saturated rings. The SMILES string of the molecule is Cc1cc(C(=O)Nc2ccc3c(c2)OCCO3)nc(N2CCCC(C)C2)n1. The predicted octanol–water partition coefficient (Wildman–Crippen LogP) is 3.04. The second-order valence-electron chi connectivity index (χ2n) is 7.20. The van der Waals surface area contributed by atoms with Crippen molar-refractivity contribution in [2.75, 3.05) is 36.5 Å². The summed E-state index contributed by atoms with van der Waals surface area (Å²) in [6.07, 6.45) is 2.34. The molecule has 7 heteroatoms. The molecule has 1 aromatic heterocycles. The third-order valence-corrected chi connectivity index (χ3v) is 4.81. The van der Waals surface area contributed by atoms with E-state index in [0.717, 1.165) is 25.2 Å². The first kappa shape index (κ1) is 17.6. The van der Waals surface area contributed by atoms with E-state index < -0.39 is 0 Å². The highest BCUT2D eigenvalue weighted by Crippen LogP contribution is 2.32. The molecule has 3 heterocycles. The van der Waals surface area contributed by atoms with Gasteiger partial charge in [-0.15, -0.1) is 0 Å². The average Bonchev–Trinajstić information content (AvgIpc) is 2.67. The maximum absolute atomic E-state index is 12.7. The zero-order valence-electron chi connectivity index (χ0n) is 15.7. The Morgan fingerprint density at radius 1 is 1.19 bits per heavy atom. The Bertz CT molecular complexity index is 855. The Labute approximate surface area is 158 Å². The number of carbonyl (C=O) groups excluding carboxylic acids is 1. The molecule has 0 spiro atoms. The van der Waals surface area contributed by atoms with Crippen molar-refractivity contribution in [1.82, 2.24) is 9.97 Å². The van der Waals surface area contributed by atoms with Crippen LogP contribution in [0.25, 0.3) is 0 Å². The molecule has 27 heavy (non-hydrogen) atoms. The first-order valence-corrected chi connectivity index (χ1v) is 9.40. The number of rotatable bonds is 3. The largest absolute Gasteiger partial charge is 0.486 e. The van der Waals surface area contributed by atoms with Crippen molar-refractivity contribution < 1.29 is 14.3 Å². The van der Waals surface area contributed by atoms with Crippen LogP contribution in [0.2, 0.25) is 0 Å². The molecule has 0 aliphatic carbocycles. The summed E-state index contributed by atoms with van der Waals surface area (Å²) in [5.41, 5.74) is 1.80. The normalized spacial score (nSPS) is 18.9. The van der Waals surface area contributed by atoms with Crippen molar-refractivity contribution in [3.63, 3.8) is 0 Å². The van der Waals surface area contributed by atoms with Gasteiger partial charge in [0.25, 0.3) is 5.91 Å². The van der Waals surface area contributed by atoms with Crippen LogP contribution < -0.4 is 19.7 Å². The maximum atomic E-state index is 12.7. The maximum Gasteiger partial charge on any atom is 0.274 e. The zero-order chi connectivity index (χ0) is 18.8. The fraction of sp³-hybridized carbons (Fsp3) is 0.450. The monoisotopic (exact) mass is 368 g/mol. The van der Waals surface area contributed by atoms with E-state index in [0.29, 0.717) is 48.0 Å². The minimum atomic E-state index is -0.261. The third kappa shape index (κ3) is 3.97. The molecule has 2 aliphatic heterocycles. The number of piperidine rings is 1. The number of aryl methyl sites for hydroxylation is 1. The van der Waals surface area contributed by atoms with Gasteiger partial charge in [0.15, 0.2) is 11.5 Å². The fourth-order valence-corrected chi connectivity index (χ4v) is 3.50. The third-order valence-electron chi connectivity index (χ3n) is 4.81. The highest BCUT2D eigenvalue weighted by molar-refractivity contribution is 6.03. The van der Waals surface area contributed by atoms with Crippen LogP contribution in [0.4, 0.5) is 11.6 Å². The molecule has 0 saturated carbocycles. The number of nitrogens with zero attached hydrogens (tertiary/aromatic N) is 3. The van der Waals surface area contributed by atoms with Crippen LogP contribution in [0.1, 0.15) is 35.9 Å².